The topological polar surface area (TPSA) is 66.4 Å². The standard InChI is InChI=1S/C20H19NO5/c1-12-5-7-13(8-6-12)19-21-15(20(22)26-19)11-14-9-10-16(23-2)18(25-4)17(14)24-3/h5-11H,1-4H3. The molecule has 0 spiro atoms. The molecule has 3 rings (SSSR count). The number of nitrogens with zero attached hydrogens (tertiary/aromatic N) is 1. The Morgan fingerprint density at radius 2 is 1.62 bits per heavy atom. The van der Waals surface area contributed by atoms with Crippen LogP contribution in [0.1, 0.15) is 16.7 Å². The van der Waals surface area contributed by atoms with E-state index in [0.717, 1.165) is 11.1 Å². The summed E-state index contributed by atoms with van der Waals surface area (Å²) >= 11 is 0. The van der Waals surface area contributed by atoms with Gasteiger partial charge in [0, 0.05) is 11.1 Å². The normalized spacial score (nSPS) is 14.8. The maximum atomic E-state index is 12.2. The average Bonchev–Trinajstić information content (AvgIpc) is 3.02. The van der Waals surface area contributed by atoms with Crippen molar-refractivity contribution in [1.82, 2.24) is 0 Å². The van der Waals surface area contributed by atoms with E-state index in [2.05, 4.69) is 4.99 Å². The summed E-state index contributed by atoms with van der Waals surface area (Å²) in [5.74, 6) is 1.19. The molecule has 6 nitrogen and oxygen atoms in total. The van der Waals surface area contributed by atoms with E-state index >= 15 is 0 Å². The average molecular weight is 353 g/mol. The van der Waals surface area contributed by atoms with Crippen molar-refractivity contribution < 1.29 is 23.7 Å². The molecule has 1 aliphatic heterocycles. The van der Waals surface area contributed by atoms with Crippen LogP contribution in [0.2, 0.25) is 0 Å². The van der Waals surface area contributed by atoms with Gasteiger partial charge in [0.15, 0.2) is 17.2 Å². The molecule has 0 aromatic heterocycles. The first-order valence-corrected chi connectivity index (χ1v) is 7.96. The number of carbonyl (C=O) groups excluding carboxylic acids is 1. The lowest BCUT2D eigenvalue weighted by Crippen LogP contribution is -2.05. The van der Waals surface area contributed by atoms with Crippen LogP contribution >= 0.6 is 0 Å². The van der Waals surface area contributed by atoms with E-state index in [4.69, 9.17) is 18.9 Å². The monoisotopic (exact) mass is 353 g/mol. The highest BCUT2D eigenvalue weighted by molar-refractivity contribution is 6.13. The quantitative estimate of drug-likeness (QED) is 0.609. The van der Waals surface area contributed by atoms with Crippen LogP contribution in [-0.2, 0) is 9.53 Å². The van der Waals surface area contributed by atoms with E-state index in [1.807, 2.05) is 31.2 Å². The number of benzene rings is 2. The molecule has 2 aromatic carbocycles. The van der Waals surface area contributed by atoms with Crippen LogP contribution in [0.5, 0.6) is 17.2 Å². The zero-order chi connectivity index (χ0) is 18.7. The van der Waals surface area contributed by atoms with E-state index in [9.17, 15) is 4.79 Å². The summed E-state index contributed by atoms with van der Waals surface area (Å²) < 4.78 is 21.3. The van der Waals surface area contributed by atoms with Gasteiger partial charge >= 0.3 is 5.97 Å². The predicted octanol–water partition coefficient (Wildman–Crippen LogP) is 3.37. The van der Waals surface area contributed by atoms with Gasteiger partial charge in [-0.15, -0.1) is 0 Å². The minimum absolute atomic E-state index is 0.186. The fourth-order valence-electron chi connectivity index (χ4n) is 2.61. The molecule has 1 heterocycles. The van der Waals surface area contributed by atoms with Gasteiger partial charge in [0.05, 0.1) is 21.3 Å². The summed E-state index contributed by atoms with van der Waals surface area (Å²) in [5.41, 5.74) is 2.67. The molecule has 0 unspecified atom stereocenters. The Labute approximate surface area is 151 Å². The number of methoxy groups -OCH3 is 3. The van der Waals surface area contributed by atoms with Crippen LogP contribution in [0.4, 0.5) is 0 Å². The van der Waals surface area contributed by atoms with Gasteiger partial charge < -0.3 is 18.9 Å². The molecule has 0 aliphatic carbocycles. The van der Waals surface area contributed by atoms with Crippen LogP contribution in [0.15, 0.2) is 47.1 Å². The van der Waals surface area contributed by atoms with E-state index in [1.165, 1.54) is 14.2 Å². The van der Waals surface area contributed by atoms with Crippen molar-refractivity contribution in [3.05, 3.63) is 58.8 Å². The van der Waals surface area contributed by atoms with Gasteiger partial charge in [0.1, 0.15) is 0 Å². The SMILES string of the molecule is COc1ccc(C=C2N=C(c3ccc(C)cc3)OC2=O)c(OC)c1OC. The second-order valence-corrected chi connectivity index (χ2v) is 5.63. The molecule has 0 saturated carbocycles. The summed E-state index contributed by atoms with van der Waals surface area (Å²) in [6.07, 6.45) is 1.60. The molecule has 0 N–H and O–H groups in total. The molecule has 2 aromatic rings. The highest BCUT2D eigenvalue weighted by atomic mass is 16.6. The summed E-state index contributed by atoms with van der Waals surface area (Å²) in [7, 11) is 4.59. The fourth-order valence-corrected chi connectivity index (χ4v) is 2.61. The number of carbonyl (C=O) groups is 1. The molecular weight excluding hydrogens is 334 g/mol. The zero-order valence-corrected chi connectivity index (χ0v) is 15.0. The highest BCUT2D eigenvalue weighted by Crippen LogP contribution is 2.40. The number of rotatable bonds is 5. The van der Waals surface area contributed by atoms with Gasteiger partial charge in [-0.1, -0.05) is 17.7 Å². The Kier molecular flexibility index (Phi) is 4.93. The molecule has 0 radical (unpaired) electrons. The number of hydrogen-bond acceptors (Lipinski definition) is 6. The largest absolute Gasteiger partial charge is 0.493 e. The number of aliphatic imine (C=N–C) groups is 1. The van der Waals surface area contributed by atoms with Crippen molar-refractivity contribution in [2.24, 2.45) is 4.99 Å². The zero-order valence-electron chi connectivity index (χ0n) is 15.0. The van der Waals surface area contributed by atoms with Crippen LogP contribution < -0.4 is 14.2 Å². The maximum Gasteiger partial charge on any atom is 0.363 e. The Hall–Kier alpha value is -3.28. The van der Waals surface area contributed by atoms with Gasteiger partial charge in [0.25, 0.3) is 0 Å². The molecule has 1 aliphatic rings. The fraction of sp³-hybridized carbons (Fsp3) is 0.200. The molecule has 0 atom stereocenters. The number of ether oxygens (including phenoxy) is 4. The molecule has 134 valence electrons. The van der Waals surface area contributed by atoms with E-state index in [0.29, 0.717) is 22.8 Å². The first-order valence-electron chi connectivity index (χ1n) is 7.96. The van der Waals surface area contributed by atoms with Gasteiger partial charge in [0.2, 0.25) is 11.6 Å². The van der Waals surface area contributed by atoms with Gasteiger partial charge in [-0.3, -0.25) is 0 Å². The molecule has 0 saturated heterocycles. The van der Waals surface area contributed by atoms with Crippen molar-refractivity contribution in [3.63, 3.8) is 0 Å². The van der Waals surface area contributed by atoms with Crippen LogP contribution in [0, 0.1) is 6.92 Å². The Morgan fingerprint density at radius 1 is 0.923 bits per heavy atom. The summed E-state index contributed by atoms with van der Waals surface area (Å²) in [6, 6.07) is 11.1. The molecule has 26 heavy (non-hydrogen) atoms. The third-order valence-corrected chi connectivity index (χ3v) is 3.95. The van der Waals surface area contributed by atoms with Crippen molar-refractivity contribution in [3.8, 4) is 17.2 Å². The lowest BCUT2D eigenvalue weighted by molar-refractivity contribution is -0.129. The summed E-state index contributed by atoms with van der Waals surface area (Å²) in [6.45, 7) is 1.99. The van der Waals surface area contributed by atoms with Crippen molar-refractivity contribution >= 4 is 17.9 Å². The highest BCUT2D eigenvalue weighted by Gasteiger charge is 2.25. The Bertz CT molecular complexity index is 897. The van der Waals surface area contributed by atoms with Gasteiger partial charge in [-0.25, -0.2) is 9.79 Å². The second kappa shape index (κ2) is 7.31. The molecule has 0 bridgehead atoms. The van der Waals surface area contributed by atoms with Crippen molar-refractivity contribution in [1.29, 1.82) is 0 Å². The van der Waals surface area contributed by atoms with Crippen LogP contribution in [0.3, 0.4) is 0 Å². The molecular formula is C20H19NO5. The summed E-state index contributed by atoms with van der Waals surface area (Å²) in [4.78, 5) is 16.5. The van der Waals surface area contributed by atoms with E-state index in [1.54, 1.807) is 25.3 Å². The third-order valence-electron chi connectivity index (χ3n) is 3.95. The predicted molar refractivity (Wildman–Crippen MR) is 97.9 cm³/mol. The number of hydrogen-bond donors (Lipinski definition) is 0. The first kappa shape index (κ1) is 17.5. The Morgan fingerprint density at radius 3 is 2.23 bits per heavy atom. The van der Waals surface area contributed by atoms with Crippen LogP contribution in [-0.4, -0.2) is 33.2 Å². The minimum Gasteiger partial charge on any atom is -0.493 e. The number of esters is 1. The minimum atomic E-state index is -0.516. The number of aryl methyl sites for hydroxylation is 1. The Balaban J connectivity index is 2.02. The van der Waals surface area contributed by atoms with E-state index in [-0.39, 0.29) is 11.6 Å². The van der Waals surface area contributed by atoms with Crippen molar-refractivity contribution in [2.45, 2.75) is 6.92 Å². The van der Waals surface area contributed by atoms with E-state index < -0.39 is 5.97 Å². The molecule has 0 fully saturated rings. The summed E-state index contributed by atoms with van der Waals surface area (Å²) in [5, 5.41) is 0. The first-order chi connectivity index (χ1) is 12.6. The van der Waals surface area contributed by atoms with Gasteiger partial charge in [-0.2, -0.15) is 0 Å². The second-order valence-electron chi connectivity index (χ2n) is 5.63. The van der Waals surface area contributed by atoms with Gasteiger partial charge in [-0.05, 0) is 37.3 Å². The third kappa shape index (κ3) is 3.26. The lowest BCUT2D eigenvalue weighted by atomic mass is 10.1. The van der Waals surface area contributed by atoms with Crippen LogP contribution in [0.25, 0.3) is 6.08 Å². The van der Waals surface area contributed by atoms with Crippen molar-refractivity contribution in [2.75, 3.05) is 21.3 Å². The maximum absolute atomic E-state index is 12.2. The number of cyclic esters (lactones) is 1. The smallest absolute Gasteiger partial charge is 0.363 e. The lowest BCUT2D eigenvalue weighted by Gasteiger charge is -2.14. The molecule has 0 amide bonds. The molecule has 6 heteroatoms.